The van der Waals surface area contributed by atoms with E-state index in [1.165, 1.54) is 31.3 Å². The zero-order chi connectivity index (χ0) is 13.5. The van der Waals surface area contributed by atoms with Gasteiger partial charge in [0.2, 0.25) is 5.91 Å². The summed E-state index contributed by atoms with van der Waals surface area (Å²) in [6.07, 6.45) is 10.6. The van der Waals surface area contributed by atoms with Crippen LogP contribution in [-0.4, -0.2) is 43.0 Å². The molecule has 0 saturated carbocycles. The number of hydrogen-bond donors (Lipinski definition) is 2. The Hall–Kier alpha value is -0.870. The first kappa shape index (κ1) is 14.5. The first-order chi connectivity index (χ1) is 9.24. The van der Waals surface area contributed by atoms with Crippen LogP contribution in [0.1, 0.15) is 44.9 Å². The van der Waals surface area contributed by atoms with Crippen molar-refractivity contribution in [2.45, 2.75) is 51.0 Å². The van der Waals surface area contributed by atoms with E-state index in [9.17, 15) is 4.79 Å². The standard InChI is InChI=1S/C15H27N3O/c16-14-7-4-10-18(11-14)12-15(19)17-9-8-13-5-2-1-3-6-13/h5,14H,1-4,6-12,16H2,(H,17,19). The molecule has 0 spiro atoms. The summed E-state index contributed by atoms with van der Waals surface area (Å²) in [7, 11) is 0. The number of likely N-dealkylation sites (tertiary alicyclic amines) is 1. The molecule has 1 atom stereocenters. The lowest BCUT2D eigenvalue weighted by Crippen LogP contribution is -2.47. The van der Waals surface area contributed by atoms with Gasteiger partial charge in [0.05, 0.1) is 6.54 Å². The average Bonchev–Trinajstić information content (AvgIpc) is 2.40. The summed E-state index contributed by atoms with van der Waals surface area (Å²) in [6, 6.07) is 0.244. The number of carbonyl (C=O) groups is 1. The van der Waals surface area contributed by atoms with E-state index < -0.39 is 0 Å². The maximum Gasteiger partial charge on any atom is 0.234 e. The Morgan fingerprint density at radius 1 is 1.42 bits per heavy atom. The Labute approximate surface area is 116 Å². The molecular formula is C15H27N3O. The third-order valence-electron chi connectivity index (χ3n) is 4.06. The van der Waals surface area contributed by atoms with E-state index >= 15 is 0 Å². The van der Waals surface area contributed by atoms with Crippen molar-refractivity contribution < 1.29 is 4.79 Å². The Kier molecular flexibility index (Phi) is 5.86. The third kappa shape index (κ3) is 5.33. The van der Waals surface area contributed by atoms with E-state index in [4.69, 9.17) is 5.73 Å². The second-order valence-corrected chi connectivity index (χ2v) is 5.85. The number of nitrogens with zero attached hydrogens (tertiary/aromatic N) is 1. The molecular weight excluding hydrogens is 238 g/mol. The molecule has 4 heteroatoms. The molecule has 2 aliphatic rings. The minimum Gasteiger partial charge on any atom is -0.355 e. The maximum absolute atomic E-state index is 11.8. The normalized spacial score (nSPS) is 24.9. The van der Waals surface area contributed by atoms with Crippen LogP contribution in [0, 0.1) is 0 Å². The van der Waals surface area contributed by atoms with Gasteiger partial charge < -0.3 is 11.1 Å². The van der Waals surface area contributed by atoms with Gasteiger partial charge in [0.25, 0.3) is 0 Å². The van der Waals surface area contributed by atoms with Gasteiger partial charge in [-0.2, -0.15) is 0 Å². The third-order valence-corrected chi connectivity index (χ3v) is 4.06. The fraction of sp³-hybridized carbons (Fsp3) is 0.800. The van der Waals surface area contributed by atoms with E-state index in [-0.39, 0.29) is 11.9 Å². The van der Waals surface area contributed by atoms with E-state index in [1.807, 2.05) is 0 Å². The van der Waals surface area contributed by atoms with Gasteiger partial charge in [0, 0.05) is 19.1 Å². The summed E-state index contributed by atoms with van der Waals surface area (Å²) in [5, 5.41) is 3.03. The molecule has 0 aromatic heterocycles. The minimum absolute atomic E-state index is 0.144. The summed E-state index contributed by atoms with van der Waals surface area (Å²) in [4.78, 5) is 14.0. The van der Waals surface area contributed by atoms with Crippen LogP contribution >= 0.6 is 0 Å². The highest BCUT2D eigenvalue weighted by atomic mass is 16.2. The van der Waals surface area contributed by atoms with Crippen molar-refractivity contribution in [3.63, 3.8) is 0 Å². The van der Waals surface area contributed by atoms with Crippen molar-refractivity contribution >= 4 is 5.91 Å². The zero-order valence-electron chi connectivity index (χ0n) is 11.9. The largest absolute Gasteiger partial charge is 0.355 e. The molecule has 0 aromatic rings. The van der Waals surface area contributed by atoms with Crippen LogP contribution in [-0.2, 0) is 4.79 Å². The van der Waals surface area contributed by atoms with Crippen LogP contribution in [0.15, 0.2) is 11.6 Å². The number of nitrogens with one attached hydrogen (secondary N) is 1. The molecule has 1 saturated heterocycles. The molecule has 2 rings (SSSR count). The fourth-order valence-electron chi connectivity index (χ4n) is 2.99. The molecule has 0 bridgehead atoms. The van der Waals surface area contributed by atoms with Gasteiger partial charge in [0.15, 0.2) is 0 Å². The molecule has 3 N–H and O–H groups in total. The second-order valence-electron chi connectivity index (χ2n) is 5.85. The van der Waals surface area contributed by atoms with Gasteiger partial charge in [-0.05, 0) is 51.5 Å². The van der Waals surface area contributed by atoms with E-state index in [2.05, 4.69) is 16.3 Å². The van der Waals surface area contributed by atoms with Crippen molar-refractivity contribution in [2.75, 3.05) is 26.2 Å². The molecule has 0 radical (unpaired) electrons. The average molecular weight is 265 g/mol. The smallest absolute Gasteiger partial charge is 0.234 e. The van der Waals surface area contributed by atoms with E-state index in [0.29, 0.717) is 6.54 Å². The van der Waals surface area contributed by atoms with Crippen LogP contribution in [0.4, 0.5) is 0 Å². The summed E-state index contributed by atoms with van der Waals surface area (Å²) in [6.45, 7) is 3.15. The molecule has 1 aliphatic heterocycles. The lowest BCUT2D eigenvalue weighted by molar-refractivity contribution is -0.122. The Morgan fingerprint density at radius 2 is 2.32 bits per heavy atom. The second kappa shape index (κ2) is 7.65. The topological polar surface area (TPSA) is 58.4 Å². The Balaban J connectivity index is 1.60. The number of amides is 1. The first-order valence-corrected chi connectivity index (χ1v) is 7.66. The van der Waals surface area contributed by atoms with Gasteiger partial charge in [-0.25, -0.2) is 0 Å². The maximum atomic E-state index is 11.8. The summed E-state index contributed by atoms with van der Waals surface area (Å²) < 4.78 is 0. The highest BCUT2D eigenvalue weighted by Crippen LogP contribution is 2.19. The highest BCUT2D eigenvalue weighted by Gasteiger charge is 2.18. The van der Waals surface area contributed by atoms with Gasteiger partial charge in [-0.1, -0.05) is 11.6 Å². The molecule has 0 aromatic carbocycles. The predicted octanol–water partition coefficient (Wildman–Crippen LogP) is 1.42. The number of rotatable bonds is 5. The van der Waals surface area contributed by atoms with Crippen molar-refractivity contribution in [1.82, 2.24) is 10.2 Å². The molecule has 1 aliphatic carbocycles. The number of allylic oxidation sites excluding steroid dienone is 1. The van der Waals surface area contributed by atoms with Crippen LogP contribution in [0.5, 0.6) is 0 Å². The van der Waals surface area contributed by atoms with Crippen LogP contribution in [0.2, 0.25) is 0 Å². The number of carbonyl (C=O) groups excluding carboxylic acids is 1. The molecule has 1 heterocycles. The summed E-state index contributed by atoms with van der Waals surface area (Å²) >= 11 is 0. The summed E-state index contributed by atoms with van der Waals surface area (Å²) in [5.74, 6) is 0.144. The Morgan fingerprint density at radius 3 is 3.05 bits per heavy atom. The van der Waals surface area contributed by atoms with E-state index in [1.54, 1.807) is 0 Å². The first-order valence-electron chi connectivity index (χ1n) is 7.66. The summed E-state index contributed by atoms with van der Waals surface area (Å²) in [5.41, 5.74) is 7.44. The lowest BCUT2D eigenvalue weighted by atomic mass is 9.97. The van der Waals surface area contributed by atoms with E-state index in [0.717, 1.165) is 38.9 Å². The number of nitrogens with two attached hydrogens (primary N) is 1. The predicted molar refractivity (Wildman–Crippen MR) is 77.8 cm³/mol. The monoisotopic (exact) mass is 265 g/mol. The van der Waals surface area contributed by atoms with Crippen molar-refractivity contribution in [1.29, 1.82) is 0 Å². The van der Waals surface area contributed by atoms with Crippen LogP contribution in [0.25, 0.3) is 0 Å². The fourth-order valence-corrected chi connectivity index (χ4v) is 2.99. The Bertz CT molecular complexity index is 327. The molecule has 1 fully saturated rings. The highest BCUT2D eigenvalue weighted by molar-refractivity contribution is 5.78. The van der Waals surface area contributed by atoms with Gasteiger partial charge >= 0.3 is 0 Å². The van der Waals surface area contributed by atoms with Crippen molar-refractivity contribution in [3.8, 4) is 0 Å². The van der Waals surface area contributed by atoms with Gasteiger partial charge in [-0.3, -0.25) is 9.69 Å². The van der Waals surface area contributed by atoms with Crippen molar-refractivity contribution in [3.05, 3.63) is 11.6 Å². The quantitative estimate of drug-likeness (QED) is 0.739. The van der Waals surface area contributed by atoms with Crippen LogP contribution < -0.4 is 11.1 Å². The number of piperidine rings is 1. The molecule has 1 amide bonds. The minimum atomic E-state index is 0.144. The van der Waals surface area contributed by atoms with Gasteiger partial charge in [0.1, 0.15) is 0 Å². The molecule has 4 nitrogen and oxygen atoms in total. The van der Waals surface area contributed by atoms with Gasteiger partial charge in [-0.15, -0.1) is 0 Å². The van der Waals surface area contributed by atoms with Crippen LogP contribution in [0.3, 0.4) is 0 Å². The molecule has 1 unspecified atom stereocenters. The SMILES string of the molecule is NC1CCCN(CC(=O)NCCC2=CCCCC2)C1. The molecule has 108 valence electrons. The zero-order valence-corrected chi connectivity index (χ0v) is 11.9. The number of hydrogen-bond acceptors (Lipinski definition) is 3. The van der Waals surface area contributed by atoms with Crippen molar-refractivity contribution in [2.24, 2.45) is 5.73 Å². The lowest BCUT2D eigenvalue weighted by Gasteiger charge is -2.29. The molecule has 19 heavy (non-hydrogen) atoms.